The number of methoxy groups -OCH3 is 1. The van der Waals surface area contributed by atoms with Crippen LogP contribution in [0.25, 0.3) is 11.0 Å². The zero-order valence-corrected chi connectivity index (χ0v) is 14.3. The monoisotopic (exact) mass is 363 g/mol. The van der Waals surface area contributed by atoms with E-state index in [-0.39, 0.29) is 17.9 Å². The number of H-pyrrole nitrogens is 2. The molecule has 0 aliphatic carbocycles. The van der Waals surface area contributed by atoms with Crippen LogP contribution in [0.4, 0.5) is 8.78 Å². The Bertz CT molecular complexity index is 1010. The number of fused-ring (bicyclic) bond motifs is 1. The van der Waals surface area contributed by atoms with Crippen molar-refractivity contribution in [1.29, 1.82) is 0 Å². The third-order valence-corrected chi connectivity index (χ3v) is 4.01. The lowest BCUT2D eigenvalue weighted by Gasteiger charge is -2.18. The number of ether oxygens (including phenoxy) is 1. The minimum Gasteiger partial charge on any atom is -0.494 e. The van der Waals surface area contributed by atoms with Crippen molar-refractivity contribution >= 4 is 29.2 Å². The van der Waals surface area contributed by atoms with Crippen LogP contribution in [0.1, 0.15) is 15.9 Å². The molecular weight excluding hydrogens is 348 g/mol. The number of imidazole rings is 1. The van der Waals surface area contributed by atoms with Gasteiger partial charge in [-0.05, 0) is 42.0 Å². The van der Waals surface area contributed by atoms with E-state index in [2.05, 4.69) is 9.97 Å². The molecule has 0 saturated heterocycles. The molecule has 2 aromatic carbocycles. The van der Waals surface area contributed by atoms with Crippen molar-refractivity contribution in [2.24, 2.45) is 0 Å². The van der Waals surface area contributed by atoms with Gasteiger partial charge in [-0.25, -0.2) is 8.78 Å². The maximum atomic E-state index is 13.8. The maximum Gasteiger partial charge on any atom is 0.256 e. The van der Waals surface area contributed by atoms with E-state index in [1.165, 1.54) is 30.2 Å². The van der Waals surface area contributed by atoms with E-state index in [0.29, 0.717) is 21.4 Å². The average Bonchev–Trinajstić information content (AvgIpc) is 2.93. The number of nitrogens with one attached hydrogen (secondary N) is 2. The number of halogens is 2. The summed E-state index contributed by atoms with van der Waals surface area (Å²) in [7, 11) is 2.94. The van der Waals surface area contributed by atoms with Crippen LogP contribution in [0.2, 0.25) is 0 Å². The molecule has 2 N–H and O–H groups in total. The van der Waals surface area contributed by atoms with E-state index in [1.54, 1.807) is 13.1 Å². The number of carbonyl (C=O) groups is 1. The minimum atomic E-state index is -0.551. The van der Waals surface area contributed by atoms with Gasteiger partial charge in [0.2, 0.25) is 0 Å². The van der Waals surface area contributed by atoms with E-state index in [1.807, 2.05) is 0 Å². The molecule has 0 unspecified atom stereocenters. The fraction of sp³-hybridized carbons (Fsp3) is 0.176. The fourth-order valence-corrected chi connectivity index (χ4v) is 2.85. The van der Waals surface area contributed by atoms with Crippen molar-refractivity contribution in [3.05, 3.63) is 57.9 Å². The van der Waals surface area contributed by atoms with Crippen molar-refractivity contribution in [2.75, 3.05) is 14.2 Å². The highest BCUT2D eigenvalue weighted by Crippen LogP contribution is 2.22. The zero-order chi connectivity index (χ0) is 18.1. The molecule has 0 aliphatic heterocycles. The van der Waals surface area contributed by atoms with E-state index in [0.717, 1.165) is 6.07 Å². The third-order valence-electron chi connectivity index (χ3n) is 3.80. The largest absolute Gasteiger partial charge is 0.494 e. The van der Waals surface area contributed by atoms with E-state index >= 15 is 0 Å². The van der Waals surface area contributed by atoms with Gasteiger partial charge < -0.3 is 19.6 Å². The molecule has 3 rings (SSSR count). The van der Waals surface area contributed by atoms with Gasteiger partial charge in [-0.1, -0.05) is 6.07 Å². The minimum absolute atomic E-state index is 0.129. The Kier molecular flexibility index (Phi) is 4.54. The molecule has 1 heterocycles. The molecule has 0 fully saturated rings. The molecular formula is C17H15F2N3O2S. The maximum absolute atomic E-state index is 13.8. The number of hydrogen-bond donors (Lipinski definition) is 2. The lowest BCUT2D eigenvalue weighted by molar-refractivity contribution is 0.0786. The Balaban J connectivity index is 1.90. The number of benzene rings is 2. The molecule has 0 aliphatic rings. The quantitative estimate of drug-likeness (QED) is 0.694. The smallest absolute Gasteiger partial charge is 0.256 e. The van der Waals surface area contributed by atoms with Crippen molar-refractivity contribution in [3.8, 4) is 5.75 Å². The molecule has 3 aromatic rings. The second kappa shape index (κ2) is 6.64. The molecule has 0 saturated carbocycles. The Morgan fingerprint density at radius 3 is 2.68 bits per heavy atom. The summed E-state index contributed by atoms with van der Waals surface area (Å²) in [6, 6.07) is 6.86. The molecule has 25 heavy (non-hydrogen) atoms. The molecule has 1 aromatic heterocycles. The number of aromatic amines is 2. The normalized spacial score (nSPS) is 10.9. The van der Waals surface area contributed by atoms with Gasteiger partial charge in [-0.2, -0.15) is 0 Å². The summed E-state index contributed by atoms with van der Waals surface area (Å²) in [6.45, 7) is 0.156. The highest BCUT2D eigenvalue weighted by atomic mass is 32.1. The van der Waals surface area contributed by atoms with Crippen LogP contribution in [0.3, 0.4) is 0 Å². The molecule has 0 spiro atoms. The first kappa shape index (κ1) is 17.1. The van der Waals surface area contributed by atoms with Crippen molar-refractivity contribution in [2.45, 2.75) is 6.54 Å². The van der Waals surface area contributed by atoms with Gasteiger partial charge in [0.25, 0.3) is 5.91 Å². The molecule has 0 atom stereocenters. The Hall–Kier alpha value is -2.74. The van der Waals surface area contributed by atoms with Crippen LogP contribution in [-0.2, 0) is 6.54 Å². The Morgan fingerprint density at radius 2 is 2.00 bits per heavy atom. The predicted octanol–water partition coefficient (Wildman–Crippen LogP) is 3.78. The number of aromatic nitrogens is 2. The fourth-order valence-electron chi connectivity index (χ4n) is 2.64. The first-order valence-corrected chi connectivity index (χ1v) is 7.79. The number of nitrogens with zero attached hydrogens (tertiary/aromatic N) is 1. The van der Waals surface area contributed by atoms with Crippen LogP contribution >= 0.6 is 12.2 Å². The number of carbonyl (C=O) groups excluding carboxylic acids is 1. The summed E-state index contributed by atoms with van der Waals surface area (Å²) in [6.07, 6.45) is 0. The highest BCUT2D eigenvalue weighted by Gasteiger charge is 2.18. The van der Waals surface area contributed by atoms with Crippen LogP contribution in [-0.4, -0.2) is 34.9 Å². The van der Waals surface area contributed by atoms with Crippen LogP contribution in [0, 0.1) is 16.4 Å². The molecule has 1 amide bonds. The summed E-state index contributed by atoms with van der Waals surface area (Å²) in [5.74, 6) is -1.34. The highest BCUT2D eigenvalue weighted by molar-refractivity contribution is 7.71. The van der Waals surface area contributed by atoms with Gasteiger partial charge in [-0.3, -0.25) is 4.79 Å². The third kappa shape index (κ3) is 3.39. The van der Waals surface area contributed by atoms with E-state index in [9.17, 15) is 13.6 Å². The molecule has 5 nitrogen and oxygen atoms in total. The molecule has 130 valence electrons. The molecule has 0 bridgehead atoms. The van der Waals surface area contributed by atoms with Gasteiger partial charge >= 0.3 is 0 Å². The van der Waals surface area contributed by atoms with Crippen molar-refractivity contribution in [3.63, 3.8) is 0 Å². The summed E-state index contributed by atoms with van der Waals surface area (Å²) < 4.78 is 32.8. The number of hydrogen-bond acceptors (Lipinski definition) is 3. The summed E-state index contributed by atoms with van der Waals surface area (Å²) in [4.78, 5) is 19.7. The standard InChI is InChI=1S/C17H15F2N3O2S/c1-22(8-9-3-4-14(24-2)12(19)5-9)16(23)11-6-10(18)7-13-15(11)21-17(25)20-13/h3-7H,8H2,1-2H3,(H2,20,21,25). The van der Waals surface area contributed by atoms with Crippen molar-refractivity contribution in [1.82, 2.24) is 14.9 Å². The Labute approximate surface area is 147 Å². The van der Waals surface area contributed by atoms with Gasteiger partial charge in [0.05, 0.1) is 23.7 Å². The average molecular weight is 363 g/mol. The van der Waals surface area contributed by atoms with Crippen molar-refractivity contribution < 1.29 is 18.3 Å². The SMILES string of the molecule is COc1ccc(CN(C)C(=O)c2cc(F)cc3[nH]c(=S)[nH]c23)cc1F. The topological polar surface area (TPSA) is 61.1 Å². The second-order valence-corrected chi connectivity index (χ2v) is 5.99. The van der Waals surface area contributed by atoms with E-state index < -0.39 is 17.5 Å². The summed E-state index contributed by atoms with van der Waals surface area (Å²) >= 11 is 5.00. The Morgan fingerprint density at radius 1 is 1.24 bits per heavy atom. The van der Waals surface area contributed by atoms with E-state index in [4.69, 9.17) is 17.0 Å². The first-order chi connectivity index (χ1) is 11.9. The zero-order valence-electron chi connectivity index (χ0n) is 13.5. The summed E-state index contributed by atoms with van der Waals surface area (Å²) in [5.41, 5.74) is 1.59. The molecule has 8 heteroatoms. The lowest BCUT2D eigenvalue weighted by atomic mass is 10.1. The van der Waals surface area contributed by atoms with Gasteiger partial charge in [-0.15, -0.1) is 0 Å². The van der Waals surface area contributed by atoms with Crippen LogP contribution in [0.5, 0.6) is 5.75 Å². The summed E-state index contributed by atoms with van der Waals surface area (Å²) in [5, 5.41) is 0. The van der Waals surface area contributed by atoms with Crippen LogP contribution < -0.4 is 4.74 Å². The van der Waals surface area contributed by atoms with Crippen LogP contribution in [0.15, 0.2) is 30.3 Å². The lowest BCUT2D eigenvalue weighted by Crippen LogP contribution is -2.26. The first-order valence-electron chi connectivity index (χ1n) is 7.38. The number of amides is 1. The molecule has 0 radical (unpaired) electrons. The predicted molar refractivity (Wildman–Crippen MR) is 92.2 cm³/mol. The number of rotatable bonds is 4. The second-order valence-electron chi connectivity index (χ2n) is 5.59. The van der Waals surface area contributed by atoms with Gasteiger partial charge in [0.15, 0.2) is 16.3 Å². The van der Waals surface area contributed by atoms with Gasteiger partial charge in [0, 0.05) is 13.6 Å². The van der Waals surface area contributed by atoms with Gasteiger partial charge in [0.1, 0.15) is 5.82 Å².